The molecule has 1 aromatic carbocycles. The van der Waals surface area contributed by atoms with Crippen LogP contribution in [0.15, 0.2) is 24.3 Å². The highest BCUT2D eigenvalue weighted by atomic mass is 35.5. The summed E-state index contributed by atoms with van der Waals surface area (Å²) in [6, 6.07) is 7.90. The third-order valence-corrected chi connectivity index (χ3v) is 5.04. The highest BCUT2D eigenvalue weighted by Crippen LogP contribution is 2.37. The monoisotopic (exact) mass is 319 g/mol. The van der Waals surface area contributed by atoms with Crippen molar-refractivity contribution in [3.8, 4) is 11.3 Å². The van der Waals surface area contributed by atoms with Gasteiger partial charge in [-0.1, -0.05) is 44.5 Å². The number of nitrogen functional groups attached to an aromatic ring is 1. The molecule has 0 saturated carbocycles. The van der Waals surface area contributed by atoms with Gasteiger partial charge in [-0.15, -0.1) is 11.3 Å². The van der Waals surface area contributed by atoms with E-state index in [0.717, 1.165) is 39.2 Å². The van der Waals surface area contributed by atoms with Gasteiger partial charge in [0.15, 0.2) is 4.96 Å². The quantitative estimate of drug-likeness (QED) is 0.739. The van der Waals surface area contributed by atoms with E-state index in [2.05, 4.69) is 25.2 Å². The summed E-state index contributed by atoms with van der Waals surface area (Å²) in [5.41, 5.74) is 9.60. The van der Waals surface area contributed by atoms with Gasteiger partial charge < -0.3 is 5.73 Å². The first-order valence-electron chi connectivity index (χ1n) is 7.08. The molecular weight excluding hydrogens is 302 g/mol. The SMILES string of the molecule is CCc1sc2nc(C(C)C)c(N)n2c1-c1ccc(Cl)cc1. The normalized spacial score (nSPS) is 11.7. The molecule has 3 aromatic rings. The van der Waals surface area contributed by atoms with Gasteiger partial charge >= 0.3 is 0 Å². The summed E-state index contributed by atoms with van der Waals surface area (Å²) in [4.78, 5) is 6.98. The summed E-state index contributed by atoms with van der Waals surface area (Å²) in [5.74, 6) is 1.07. The first kappa shape index (κ1) is 14.4. The van der Waals surface area contributed by atoms with Crippen molar-refractivity contribution in [2.45, 2.75) is 33.1 Å². The summed E-state index contributed by atoms with van der Waals surface area (Å²) in [6.07, 6.45) is 0.961. The number of fused-ring (bicyclic) bond motifs is 1. The zero-order valence-corrected chi connectivity index (χ0v) is 13.9. The predicted molar refractivity (Wildman–Crippen MR) is 91.4 cm³/mol. The first-order valence-corrected chi connectivity index (χ1v) is 8.27. The molecule has 0 unspecified atom stereocenters. The molecule has 2 heterocycles. The van der Waals surface area contributed by atoms with Gasteiger partial charge in [0, 0.05) is 9.90 Å². The van der Waals surface area contributed by atoms with E-state index < -0.39 is 0 Å². The second-order valence-electron chi connectivity index (χ2n) is 5.39. The molecule has 0 atom stereocenters. The minimum absolute atomic E-state index is 0.320. The summed E-state index contributed by atoms with van der Waals surface area (Å²) in [6.45, 7) is 6.39. The number of aromatic nitrogens is 2. The number of nitrogens with two attached hydrogens (primary N) is 1. The van der Waals surface area contributed by atoms with Crippen molar-refractivity contribution in [3.63, 3.8) is 0 Å². The van der Waals surface area contributed by atoms with Crippen molar-refractivity contribution < 1.29 is 0 Å². The van der Waals surface area contributed by atoms with E-state index in [0.29, 0.717) is 5.92 Å². The molecule has 21 heavy (non-hydrogen) atoms. The Kier molecular flexibility index (Phi) is 3.68. The molecule has 0 spiro atoms. The first-order chi connectivity index (χ1) is 10.0. The minimum atomic E-state index is 0.320. The van der Waals surface area contributed by atoms with Crippen LogP contribution in [0.1, 0.15) is 37.3 Å². The average Bonchev–Trinajstić information content (AvgIpc) is 2.97. The molecule has 0 aliphatic carbocycles. The molecule has 0 aliphatic rings. The molecule has 110 valence electrons. The number of imidazole rings is 1. The summed E-state index contributed by atoms with van der Waals surface area (Å²) < 4.78 is 2.09. The smallest absolute Gasteiger partial charge is 0.196 e. The summed E-state index contributed by atoms with van der Waals surface area (Å²) >= 11 is 7.71. The van der Waals surface area contributed by atoms with Gasteiger partial charge in [-0.3, -0.25) is 4.40 Å². The number of aryl methyl sites for hydroxylation is 1. The number of halogens is 1. The van der Waals surface area contributed by atoms with Crippen LogP contribution < -0.4 is 5.73 Å². The van der Waals surface area contributed by atoms with Gasteiger partial charge in [-0.25, -0.2) is 4.98 Å². The van der Waals surface area contributed by atoms with Gasteiger partial charge in [-0.2, -0.15) is 0 Å². The number of thiazole rings is 1. The van der Waals surface area contributed by atoms with Crippen LogP contribution >= 0.6 is 22.9 Å². The van der Waals surface area contributed by atoms with Crippen LogP contribution in [0.2, 0.25) is 5.02 Å². The lowest BCUT2D eigenvalue weighted by atomic mass is 10.1. The number of benzene rings is 1. The second kappa shape index (κ2) is 5.35. The lowest BCUT2D eigenvalue weighted by Gasteiger charge is -2.07. The Morgan fingerprint density at radius 2 is 1.95 bits per heavy atom. The summed E-state index contributed by atoms with van der Waals surface area (Å²) in [7, 11) is 0. The highest BCUT2D eigenvalue weighted by Gasteiger charge is 2.20. The molecule has 3 rings (SSSR count). The van der Waals surface area contributed by atoms with E-state index in [1.165, 1.54) is 4.88 Å². The van der Waals surface area contributed by atoms with Gasteiger partial charge in [0.1, 0.15) is 5.82 Å². The van der Waals surface area contributed by atoms with Crippen LogP contribution in [-0.4, -0.2) is 9.38 Å². The average molecular weight is 320 g/mol. The minimum Gasteiger partial charge on any atom is -0.383 e. The van der Waals surface area contributed by atoms with Crippen molar-refractivity contribution in [1.29, 1.82) is 0 Å². The van der Waals surface area contributed by atoms with E-state index >= 15 is 0 Å². The molecule has 0 radical (unpaired) electrons. The van der Waals surface area contributed by atoms with Crippen LogP contribution in [0.25, 0.3) is 16.2 Å². The molecule has 0 aliphatic heterocycles. The van der Waals surface area contributed by atoms with E-state index in [1.807, 2.05) is 24.3 Å². The lowest BCUT2D eigenvalue weighted by molar-refractivity contribution is 0.838. The second-order valence-corrected chi connectivity index (χ2v) is 6.89. The van der Waals surface area contributed by atoms with Crippen molar-refractivity contribution in [2.75, 3.05) is 5.73 Å². The fourth-order valence-electron chi connectivity index (χ4n) is 2.56. The van der Waals surface area contributed by atoms with Gasteiger partial charge in [0.25, 0.3) is 0 Å². The third-order valence-electron chi connectivity index (χ3n) is 3.60. The topological polar surface area (TPSA) is 43.3 Å². The summed E-state index contributed by atoms with van der Waals surface area (Å²) in [5, 5.41) is 0.741. The fraction of sp³-hybridized carbons (Fsp3) is 0.312. The maximum Gasteiger partial charge on any atom is 0.196 e. The Bertz CT molecular complexity index is 784. The molecule has 0 fully saturated rings. The maximum atomic E-state index is 6.36. The van der Waals surface area contributed by atoms with E-state index in [4.69, 9.17) is 22.3 Å². The number of rotatable bonds is 3. The maximum absolute atomic E-state index is 6.36. The Labute approximate surface area is 133 Å². The Morgan fingerprint density at radius 1 is 1.29 bits per heavy atom. The zero-order chi connectivity index (χ0) is 15.1. The largest absolute Gasteiger partial charge is 0.383 e. The van der Waals surface area contributed by atoms with E-state index in [-0.39, 0.29) is 0 Å². The molecular formula is C16H18ClN3S. The number of nitrogens with zero attached hydrogens (tertiary/aromatic N) is 2. The fourth-order valence-corrected chi connectivity index (χ4v) is 3.78. The number of hydrogen-bond acceptors (Lipinski definition) is 3. The van der Waals surface area contributed by atoms with Crippen LogP contribution in [0.3, 0.4) is 0 Å². The van der Waals surface area contributed by atoms with Crippen LogP contribution in [-0.2, 0) is 6.42 Å². The predicted octanol–water partition coefficient (Wildman–Crippen LogP) is 4.98. The van der Waals surface area contributed by atoms with E-state index in [1.54, 1.807) is 11.3 Å². The van der Waals surface area contributed by atoms with E-state index in [9.17, 15) is 0 Å². The molecule has 0 amide bonds. The molecule has 5 heteroatoms. The van der Waals surface area contributed by atoms with Crippen LogP contribution in [0.4, 0.5) is 5.82 Å². The highest BCUT2D eigenvalue weighted by molar-refractivity contribution is 7.17. The van der Waals surface area contributed by atoms with Gasteiger partial charge in [0.2, 0.25) is 0 Å². The molecule has 0 saturated heterocycles. The molecule has 2 aromatic heterocycles. The zero-order valence-electron chi connectivity index (χ0n) is 12.4. The van der Waals surface area contributed by atoms with Gasteiger partial charge in [0.05, 0.1) is 11.4 Å². The Morgan fingerprint density at radius 3 is 2.52 bits per heavy atom. The van der Waals surface area contributed by atoms with Crippen molar-refractivity contribution in [2.24, 2.45) is 0 Å². The van der Waals surface area contributed by atoms with Gasteiger partial charge in [-0.05, 0) is 30.0 Å². The molecule has 2 N–H and O–H groups in total. The Hall–Kier alpha value is -1.52. The molecule has 0 bridgehead atoms. The van der Waals surface area contributed by atoms with Crippen LogP contribution in [0.5, 0.6) is 0 Å². The number of anilines is 1. The van der Waals surface area contributed by atoms with Crippen molar-refractivity contribution in [3.05, 3.63) is 39.9 Å². The lowest BCUT2D eigenvalue weighted by Crippen LogP contribution is -2.00. The molecule has 3 nitrogen and oxygen atoms in total. The number of hydrogen-bond donors (Lipinski definition) is 1. The van der Waals surface area contributed by atoms with Crippen LogP contribution in [0, 0.1) is 0 Å². The third kappa shape index (κ3) is 2.32. The van der Waals surface area contributed by atoms with Crippen molar-refractivity contribution >= 4 is 33.7 Å². The Balaban J connectivity index is 2.30. The standard InChI is InChI=1S/C16H18ClN3S/c1-4-12-14(10-5-7-11(17)8-6-10)20-15(18)13(9(2)3)19-16(20)21-12/h5-9H,4,18H2,1-3H3. The van der Waals surface area contributed by atoms with Crippen molar-refractivity contribution in [1.82, 2.24) is 9.38 Å².